The lowest BCUT2D eigenvalue weighted by Crippen LogP contribution is -2.45. The highest BCUT2D eigenvalue weighted by molar-refractivity contribution is 7.78. The van der Waals surface area contributed by atoms with Crippen molar-refractivity contribution >= 4 is 46.9 Å². The number of benzene rings is 1. The molecule has 0 saturated heterocycles. The quantitative estimate of drug-likeness (QED) is 0.255. The number of carboxylic acids is 4. The summed E-state index contributed by atoms with van der Waals surface area (Å²) in [6, 6.07) is 5.27. The molecule has 1 atom stereocenters. The van der Waals surface area contributed by atoms with Gasteiger partial charge in [-0.2, -0.15) is 4.99 Å². The maximum atomic E-state index is 11.2. The van der Waals surface area contributed by atoms with E-state index >= 15 is 0 Å². The van der Waals surface area contributed by atoms with Crippen LogP contribution < -0.4 is 0 Å². The smallest absolute Gasteiger partial charge is 0.317 e. The van der Waals surface area contributed by atoms with E-state index in [9.17, 15) is 19.2 Å². The number of carboxylic acid groups (broad SMARTS) is 4. The molecule has 0 aliphatic rings. The molecule has 0 aliphatic heterocycles. The van der Waals surface area contributed by atoms with E-state index in [0.29, 0.717) is 11.3 Å². The van der Waals surface area contributed by atoms with Crippen molar-refractivity contribution < 1.29 is 39.6 Å². The third kappa shape index (κ3) is 9.04. The molecule has 11 nitrogen and oxygen atoms in total. The van der Waals surface area contributed by atoms with Gasteiger partial charge in [0.25, 0.3) is 0 Å². The number of aliphatic carboxylic acids is 4. The van der Waals surface area contributed by atoms with Crippen molar-refractivity contribution in [3.63, 3.8) is 0 Å². The molecule has 12 heteroatoms. The van der Waals surface area contributed by atoms with Crippen LogP contribution in [0.5, 0.6) is 0 Å². The van der Waals surface area contributed by atoms with Gasteiger partial charge in [-0.1, -0.05) is 12.1 Å². The lowest BCUT2D eigenvalue weighted by molar-refractivity contribution is -0.146. The van der Waals surface area contributed by atoms with Crippen LogP contribution >= 0.6 is 12.2 Å². The van der Waals surface area contributed by atoms with Crippen LogP contribution in [0, 0.1) is 0 Å². The van der Waals surface area contributed by atoms with Crippen LogP contribution in [0.15, 0.2) is 29.3 Å². The molecule has 0 heterocycles. The summed E-state index contributed by atoms with van der Waals surface area (Å²) in [6.07, 6.45) is 0. The summed E-state index contributed by atoms with van der Waals surface area (Å²) in [5.74, 6) is -5.14. The lowest BCUT2D eigenvalue weighted by atomic mass is 10.0. The third-order valence-electron chi connectivity index (χ3n) is 3.72. The predicted octanol–water partition coefficient (Wildman–Crippen LogP) is 0.404. The zero-order valence-corrected chi connectivity index (χ0v) is 15.9. The van der Waals surface area contributed by atoms with Gasteiger partial charge in [0.05, 0.1) is 37.0 Å². The van der Waals surface area contributed by atoms with Crippen molar-refractivity contribution in [2.45, 2.75) is 6.04 Å². The molecular weight excluding hydrogens is 406 g/mol. The highest BCUT2D eigenvalue weighted by atomic mass is 32.1. The number of isothiocyanates is 1. The summed E-state index contributed by atoms with van der Waals surface area (Å²) in [7, 11) is 0. The van der Waals surface area contributed by atoms with Gasteiger partial charge in [-0.25, -0.2) is 0 Å². The number of nitrogens with zero attached hydrogens (tertiary/aromatic N) is 3. The van der Waals surface area contributed by atoms with E-state index in [4.69, 9.17) is 20.4 Å². The fourth-order valence-corrected chi connectivity index (χ4v) is 2.80. The van der Waals surface area contributed by atoms with Crippen LogP contribution in [-0.2, 0) is 19.2 Å². The number of hydrogen-bond donors (Lipinski definition) is 4. The van der Waals surface area contributed by atoms with Crippen LogP contribution in [0.2, 0.25) is 0 Å². The highest BCUT2D eigenvalue weighted by Gasteiger charge is 2.28. The van der Waals surface area contributed by atoms with E-state index in [2.05, 4.69) is 22.4 Å². The summed E-state index contributed by atoms with van der Waals surface area (Å²) in [5.41, 5.74) is 0.912. The van der Waals surface area contributed by atoms with E-state index in [1.54, 1.807) is 24.3 Å². The first kappa shape index (κ1) is 23.9. The zero-order valence-electron chi connectivity index (χ0n) is 15.1. The van der Waals surface area contributed by atoms with E-state index in [1.165, 1.54) is 0 Å². The minimum absolute atomic E-state index is 0.227. The number of carbonyl (C=O) groups is 4. The zero-order chi connectivity index (χ0) is 22.0. The van der Waals surface area contributed by atoms with Gasteiger partial charge in [0.2, 0.25) is 0 Å². The molecule has 29 heavy (non-hydrogen) atoms. The molecule has 0 fully saturated rings. The van der Waals surface area contributed by atoms with Gasteiger partial charge in [0.1, 0.15) is 0 Å². The fraction of sp³-hybridized carbons (Fsp3) is 0.353. The molecule has 1 aromatic rings. The Bertz CT molecular complexity index is 775. The van der Waals surface area contributed by atoms with Gasteiger partial charge >= 0.3 is 23.9 Å². The molecule has 0 saturated carbocycles. The minimum Gasteiger partial charge on any atom is -0.480 e. The van der Waals surface area contributed by atoms with Crippen LogP contribution in [0.1, 0.15) is 11.6 Å². The number of aliphatic imine (C=N–C) groups is 1. The summed E-state index contributed by atoms with van der Waals surface area (Å²) in [6.45, 7) is -2.77. The summed E-state index contributed by atoms with van der Waals surface area (Å²) in [5, 5.41) is 38.6. The summed E-state index contributed by atoms with van der Waals surface area (Å²) in [4.78, 5) is 50.6. The van der Waals surface area contributed by atoms with E-state index in [0.717, 1.165) is 9.80 Å². The normalized spacial score (nSPS) is 11.7. The Labute approximate surface area is 170 Å². The van der Waals surface area contributed by atoms with Crippen molar-refractivity contribution in [3.8, 4) is 0 Å². The van der Waals surface area contributed by atoms with Crippen molar-refractivity contribution in [1.82, 2.24) is 9.80 Å². The molecule has 0 amide bonds. The van der Waals surface area contributed by atoms with Crippen molar-refractivity contribution in [1.29, 1.82) is 0 Å². The SMILES string of the molecule is O=C(O)CN(CC(=O)O)CC(c1ccc(N=C=S)cc1)N(CC(=O)O)CC(=O)O. The van der Waals surface area contributed by atoms with E-state index in [1.807, 2.05) is 0 Å². The topological polar surface area (TPSA) is 168 Å². The van der Waals surface area contributed by atoms with Gasteiger partial charge in [-0.3, -0.25) is 29.0 Å². The summed E-state index contributed by atoms with van der Waals surface area (Å²) < 4.78 is 0. The maximum absolute atomic E-state index is 11.2. The van der Waals surface area contributed by atoms with Gasteiger partial charge in [-0.05, 0) is 29.9 Å². The Morgan fingerprint density at radius 3 is 1.69 bits per heavy atom. The number of thiocarbonyl (C=S) groups is 1. The molecule has 0 aliphatic carbocycles. The molecule has 0 radical (unpaired) electrons. The Kier molecular flexibility index (Phi) is 9.56. The first-order valence-corrected chi connectivity index (χ1v) is 8.54. The van der Waals surface area contributed by atoms with Crippen molar-refractivity contribution in [3.05, 3.63) is 29.8 Å². The average Bonchev–Trinajstić information content (AvgIpc) is 2.58. The largest absolute Gasteiger partial charge is 0.480 e. The van der Waals surface area contributed by atoms with Crippen LogP contribution in [0.3, 0.4) is 0 Å². The molecule has 156 valence electrons. The van der Waals surface area contributed by atoms with Gasteiger partial charge in [0.15, 0.2) is 0 Å². The molecule has 1 aromatic carbocycles. The maximum Gasteiger partial charge on any atom is 0.317 e. The molecule has 0 bridgehead atoms. The standard InChI is InChI=1S/C17H19N3O8S/c21-14(22)6-19(7-15(23)24)5-13(20(8-16(25)26)9-17(27)28)11-1-3-12(4-2-11)18-10-29/h1-4,13H,5-9H2,(H,21,22)(H,23,24)(H,25,26)(H,27,28). The Balaban J connectivity index is 3.33. The predicted molar refractivity (Wildman–Crippen MR) is 102 cm³/mol. The molecule has 4 N–H and O–H groups in total. The molecule has 1 unspecified atom stereocenters. The molecule has 1 rings (SSSR count). The first-order valence-electron chi connectivity index (χ1n) is 8.13. The second-order valence-corrected chi connectivity index (χ2v) is 6.14. The Morgan fingerprint density at radius 1 is 0.862 bits per heavy atom. The Hall–Kier alpha value is -3.18. The first-order chi connectivity index (χ1) is 13.6. The molecular formula is C17H19N3O8S. The number of hydrogen-bond acceptors (Lipinski definition) is 8. The fourth-order valence-electron chi connectivity index (χ4n) is 2.69. The van der Waals surface area contributed by atoms with Crippen LogP contribution in [0.25, 0.3) is 0 Å². The minimum atomic E-state index is -1.29. The van der Waals surface area contributed by atoms with Gasteiger partial charge in [-0.15, -0.1) is 0 Å². The average molecular weight is 425 g/mol. The number of rotatable bonds is 13. The van der Waals surface area contributed by atoms with Crippen LogP contribution in [-0.4, -0.2) is 92.0 Å². The van der Waals surface area contributed by atoms with Gasteiger partial charge < -0.3 is 20.4 Å². The van der Waals surface area contributed by atoms with Crippen molar-refractivity contribution in [2.24, 2.45) is 4.99 Å². The van der Waals surface area contributed by atoms with Crippen LogP contribution in [0.4, 0.5) is 5.69 Å². The van der Waals surface area contributed by atoms with E-state index < -0.39 is 56.1 Å². The lowest BCUT2D eigenvalue weighted by Gasteiger charge is -2.33. The second-order valence-electron chi connectivity index (χ2n) is 5.96. The van der Waals surface area contributed by atoms with Gasteiger partial charge in [0, 0.05) is 12.6 Å². The van der Waals surface area contributed by atoms with Crippen molar-refractivity contribution in [2.75, 3.05) is 32.7 Å². The molecule has 0 aromatic heterocycles. The Morgan fingerprint density at radius 2 is 1.31 bits per heavy atom. The second kappa shape index (κ2) is 11.6. The molecule has 0 spiro atoms. The summed E-state index contributed by atoms with van der Waals surface area (Å²) >= 11 is 4.52. The third-order valence-corrected chi connectivity index (χ3v) is 3.81. The highest BCUT2D eigenvalue weighted by Crippen LogP contribution is 2.24. The van der Waals surface area contributed by atoms with E-state index in [-0.39, 0.29) is 6.54 Å². The monoisotopic (exact) mass is 425 g/mol.